The fourth-order valence-electron chi connectivity index (χ4n) is 2.72. The third kappa shape index (κ3) is 3.60. The molecule has 0 saturated carbocycles. The van der Waals surface area contributed by atoms with Crippen LogP contribution in [0.4, 0.5) is 8.78 Å². The van der Waals surface area contributed by atoms with E-state index >= 15 is 0 Å². The Balaban J connectivity index is 2.13. The van der Waals surface area contributed by atoms with Crippen molar-refractivity contribution in [3.8, 4) is 0 Å². The molecule has 104 valence electrons. The van der Waals surface area contributed by atoms with Crippen LogP contribution >= 0.6 is 0 Å². The molecule has 1 aliphatic heterocycles. The minimum Gasteiger partial charge on any atom is -0.300 e. The average molecular weight is 267 g/mol. The van der Waals surface area contributed by atoms with Crippen molar-refractivity contribution >= 4 is 5.78 Å². The summed E-state index contributed by atoms with van der Waals surface area (Å²) in [6.07, 6.45) is 3.49. The predicted molar refractivity (Wildman–Crippen MR) is 69.7 cm³/mol. The maximum absolute atomic E-state index is 13.7. The molecule has 0 aliphatic carbocycles. The Labute approximate surface area is 112 Å². The average Bonchev–Trinajstić information content (AvgIpc) is 2.35. The van der Waals surface area contributed by atoms with E-state index in [0.29, 0.717) is 6.42 Å². The summed E-state index contributed by atoms with van der Waals surface area (Å²) < 4.78 is 27.3. The summed E-state index contributed by atoms with van der Waals surface area (Å²) in [5.74, 6) is -0.884. The molecule has 1 aromatic carbocycles. The van der Waals surface area contributed by atoms with Gasteiger partial charge >= 0.3 is 0 Å². The largest absolute Gasteiger partial charge is 0.300 e. The molecule has 1 aromatic rings. The summed E-state index contributed by atoms with van der Waals surface area (Å²) >= 11 is 0. The summed E-state index contributed by atoms with van der Waals surface area (Å²) in [6.45, 7) is 2.61. The number of nitrogens with zero attached hydrogens (tertiary/aromatic N) is 1. The van der Waals surface area contributed by atoms with E-state index in [0.717, 1.165) is 25.8 Å². The van der Waals surface area contributed by atoms with Crippen LogP contribution in [-0.2, 0) is 11.3 Å². The maximum Gasteiger partial charge on any atom is 0.131 e. The van der Waals surface area contributed by atoms with E-state index in [-0.39, 0.29) is 23.9 Å². The molecule has 4 heteroatoms. The fourth-order valence-corrected chi connectivity index (χ4v) is 2.72. The van der Waals surface area contributed by atoms with Crippen molar-refractivity contribution in [2.24, 2.45) is 0 Å². The Kier molecular flexibility index (Phi) is 4.64. The lowest BCUT2D eigenvalue weighted by atomic mass is 9.97. The molecule has 0 aromatic heterocycles. The maximum atomic E-state index is 13.7. The second-order valence-electron chi connectivity index (χ2n) is 5.23. The number of rotatable bonds is 4. The number of ketones is 1. The van der Waals surface area contributed by atoms with Gasteiger partial charge in [-0.05, 0) is 38.4 Å². The molecule has 0 radical (unpaired) electrons. The summed E-state index contributed by atoms with van der Waals surface area (Å²) in [6, 6.07) is 4.05. The lowest BCUT2D eigenvalue weighted by molar-refractivity contribution is -0.118. The summed E-state index contributed by atoms with van der Waals surface area (Å²) in [5.41, 5.74) is 0.109. The second-order valence-corrected chi connectivity index (χ2v) is 5.23. The Morgan fingerprint density at radius 3 is 2.63 bits per heavy atom. The predicted octanol–water partition coefficient (Wildman–Crippen LogP) is 3.30. The molecule has 0 bridgehead atoms. The molecule has 1 saturated heterocycles. The number of likely N-dealkylation sites (tertiary alicyclic amines) is 1. The first-order valence-electron chi connectivity index (χ1n) is 6.74. The highest BCUT2D eigenvalue weighted by molar-refractivity contribution is 5.76. The highest BCUT2D eigenvalue weighted by atomic mass is 19.1. The Hall–Kier alpha value is -1.29. The fraction of sp³-hybridized carbons (Fsp3) is 0.533. The number of carbonyl (C=O) groups is 1. The lowest BCUT2D eigenvalue weighted by Gasteiger charge is -2.35. The minimum absolute atomic E-state index is 0.109. The van der Waals surface area contributed by atoms with Gasteiger partial charge in [0.1, 0.15) is 17.4 Å². The van der Waals surface area contributed by atoms with Crippen LogP contribution < -0.4 is 0 Å². The number of hydrogen-bond acceptors (Lipinski definition) is 2. The van der Waals surface area contributed by atoms with Gasteiger partial charge < -0.3 is 0 Å². The third-order valence-electron chi connectivity index (χ3n) is 3.70. The van der Waals surface area contributed by atoms with E-state index in [2.05, 4.69) is 0 Å². The van der Waals surface area contributed by atoms with Crippen LogP contribution in [0.3, 0.4) is 0 Å². The van der Waals surface area contributed by atoms with Crippen molar-refractivity contribution in [1.82, 2.24) is 4.90 Å². The van der Waals surface area contributed by atoms with Crippen LogP contribution in [0, 0.1) is 11.6 Å². The first-order valence-corrected chi connectivity index (χ1v) is 6.74. The van der Waals surface area contributed by atoms with Crippen molar-refractivity contribution in [3.05, 3.63) is 35.4 Å². The van der Waals surface area contributed by atoms with Gasteiger partial charge in [-0.1, -0.05) is 12.5 Å². The molecular formula is C15H19F2NO. The van der Waals surface area contributed by atoms with Crippen molar-refractivity contribution in [1.29, 1.82) is 0 Å². The normalized spacial score (nSPS) is 20.5. The van der Waals surface area contributed by atoms with Gasteiger partial charge in [-0.2, -0.15) is 0 Å². The quantitative estimate of drug-likeness (QED) is 0.834. The first-order chi connectivity index (χ1) is 9.08. The van der Waals surface area contributed by atoms with Crippen LogP contribution in [0.2, 0.25) is 0 Å². The highest BCUT2D eigenvalue weighted by Gasteiger charge is 2.25. The molecule has 19 heavy (non-hydrogen) atoms. The van der Waals surface area contributed by atoms with Crippen molar-refractivity contribution in [2.45, 2.75) is 45.2 Å². The zero-order valence-electron chi connectivity index (χ0n) is 11.2. The molecule has 1 heterocycles. The molecule has 2 nitrogen and oxygen atoms in total. The standard InChI is InChI=1S/C15H19F2NO/c1-11(19)9-12-5-2-3-8-18(12)10-13-14(16)6-4-7-15(13)17/h4,6-7,12H,2-3,5,8-10H2,1H3. The zero-order chi connectivity index (χ0) is 13.8. The lowest BCUT2D eigenvalue weighted by Crippen LogP contribution is -2.40. The topological polar surface area (TPSA) is 20.3 Å². The van der Waals surface area contributed by atoms with Gasteiger partial charge in [-0.3, -0.25) is 9.69 Å². The van der Waals surface area contributed by atoms with Crippen LogP contribution in [0.15, 0.2) is 18.2 Å². The van der Waals surface area contributed by atoms with Crippen LogP contribution in [0.25, 0.3) is 0 Å². The molecule has 2 rings (SSSR count). The smallest absolute Gasteiger partial charge is 0.131 e. The van der Waals surface area contributed by atoms with E-state index in [4.69, 9.17) is 0 Å². The second kappa shape index (κ2) is 6.24. The van der Waals surface area contributed by atoms with Gasteiger partial charge in [0.25, 0.3) is 0 Å². The van der Waals surface area contributed by atoms with Crippen molar-refractivity contribution in [2.75, 3.05) is 6.54 Å². The van der Waals surface area contributed by atoms with Gasteiger partial charge in [0.2, 0.25) is 0 Å². The third-order valence-corrected chi connectivity index (χ3v) is 3.70. The molecule has 1 fully saturated rings. The number of Topliss-reactive ketones (excluding diaryl/α,β-unsaturated/α-hetero) is 1. The molecule has 0 spiro atoms. The van der Waals surface area contributed by atoms with Crippen molar-refractivity contribution < 1.29 is 13.6 Å². The van der Waals surface area contributed by atoms with Gasteiger partial charge in [-0.25, -0.2) is 8.78 Å². The van der Waals surface area contributed by atoms with Gasteiger partial charge in [0.05, 0.1) is 0 Å². The first kappa shape index (κ1) is 14.1. The number of halogens is 2. The Morgan fingerprint density at radius 1 is 1.32 bits per heavy atom. The minimum atomic E-state index is -0.507. The van der Waals surface area contributed by atoms with Crippen LogP contribution in [0.1, 0.15) is 38.2 Å². The summed E-state index contributed by atoms with van der Waals surface area (Å²) in [4.78, 5) is 13.3. The molecule has 0 amide bonds. The van der Waals surface area contributed by atoms with Crippen LogP contribution in [-0.4, -0.2) is 23.3 Å². The number of benzene rings is 1. The Bertz CT molecular complexity index is 441. The number of hydrogen-bond donors (Lipinski definition) is 0. The summed E-state index contributed by atoms with van der Waals surface area (Å²) in [5, 5.41) is 0. The van der Waals surface area contributed by atoms with E-state index in [1.165, 1.54) is 18.2 Å². The number of piperidine rings is 1. The monoisotopic (exact) mass is 267 g/mol. The summed E-state index contributed by atoms with van der Waals surface area (Å²) in [7, 11) is 0. The molecule has 1 unspecified atom stereocenters. The van der Waals surface area contributed by atoms with E-state index in [1.54, 1.807) is 6.92 Å². The van der Waals surface area contributed by atoms with Crippen molar-refractivity contribution in [3.63, 3.8) is 0 Å². The highest BCUT2D eigenvalue weighted by Crippen LogP contribution is 2.24. The molecular weight excluding hydrogens is 248 g/mol. The molecule has 0 N–H and O–H groups in total. The Morgan fingerprint density at radius 2 is 2.00 bits per heavy atom. The van der Waals surface area contributed by atoms with Gasteiger partial charge in [-0.15, -0.1) is 0 Å². The molecule has 1 aliphatic rings. The SMILES string of the molecule is CC(=O)CC1CCCCN1Cc1c(F)cccc1F. The van der Waals surface area contributed by atoms with Gasteiger partial charge in [0, 0.05) is 24.6 Å². The number of carbonyl (C=O) groups excluding carboxylic acids is 1. The van der Waals surface area contributed by atoms with E-state index in [9.17, 15) is 13.6 Å². The zero-order valence-corrected chi connectivity index (χ0v) is 11.2. The van der Waals surface area contributed by atoms with E-state index in [1.807, 2.05) is 4.90 Å². The van der Waals surface area contributed by atoms with E-state index < -0.39 is 11.6 Å². The van der Waals surface area contributed by atoms with Crippen LogP contribution in [0.5, 0.6) is 0 Å². The molecule has 1 atom stereocenters. The van der Waals surface area contributed by atoms with Gasteiger partial charge in [0.15, 0.2) is 0 Å².